The summed E-state index contributed by atoms with van der Waals surface area (Å²) < 4.78 is 27.6. The van der Waals surface area contributed by atoms with E-state index in [0.717, 1.165) is 13.0 Å². The first kappa shape index (κ1) is 15.4. The van der Waals surface area contributed by atoms with Gasteiger partial charge in [-0.05, 0) is 29.7 Å². The molecule has 7 heteroatoms. The van der Waals surface area contributed by atoms with Gasteiger partial charge in [-0.1, -0.05) is 30.3 Å². The normalized spacial score (nSPS) is 13.4. The lowest BCUT2D eigenvalue weighted by Crippen LogP contribution is -2.32. The summed E-state index contributed by atoms with van der Waals surface area (Å²) in [7, 11) is 0. The van der Waals surface area contributed by atoms with Crippen molar-refractivity contribution in [1.29, 1.82) is 0 Å². The fourth-order valence-electron chi connectivity index (χ4n) is 2.90. The molecule has 1 aromatic heterocycles. The summed E-state index contributed by atoms with van der Waals surface area (Å²) in [6.07, 6.45) is 2.23. The van der Waals surface area contributed by atoms with Gasteiger partial charge in [-0.2, -0.15) is 10.1 Å². The zero-order chi connectivity index (χ0) is 17.2. The molecule has 0 fully saturated rings. The number of nitrogens with zero attached hydrogens (tertiary/aromatic N) is 4. The van der Waals surface area contributed by atoms with Crippen molar-refractivity contribution in [3.63, 3.8) is 0 Å². The van der Waals surface area contributed by atoms with Crippen LogP contribution in [-0.4, -0.2) is 21.7 Å². The molecule has 3 aromatic rings. The van der Waals surface area contributed by atoms with Crippen LogP contribution in [0.25, 0.3) is 0 Å². The predicted molar refractivity (Wildman–Crippen MR) is 90.7 cm³/mol. The topological polar surface area (TPSA) is 53.9 Å². The van der Waals surface area contributed by atoms with Crippen molar-refractivity contribution in [2.75, 3.05) is 16.8 Å². The molecular weight excluding hydrogens is 324 g/mol. The third kappa shape index (κ3) is 3.13. The monoisotopic (exact) mass is 339 g/mol. The van der Waals surface area contributed by atoms with E-state index < -0.39 is 11.6 Å². The number of benzene rings is 2. The maximum absolute atomic E-state index is 13.8. The van der Waals surface area contributed by atoms with Crippen molar-refractivity contribution in [3.8, 4) is 0 Å². The van der Waals surface area contributed by atoms with Crippen LogP contribution in [0.3, 0.4) is 0 Å². The summed E-state index contributed by atoms with van der Waals surface area (Å²) in [5.74, 6) is -0.705. The van der Waals surface area contributed by atoms with Crippen LogP contribution in [0.2, 0.25) is 0 Å². The Labute approximate surface area is 143 Å². The lowest BCUT2D eigenvalue weighted by atomic mass is 10.0. The lowest BCUT2D eigenvalue weighted by molar-refractivity contribution is 0.590. The molecule has 25 heavy (non-hydrogen) atoms. The average Bonchev–Trinajstić information content (AvgIpc) is 2.65. The minimum Gasteiger partial charge on any atom is -0.335 e. The third-order valence-corrected chi connectivity index (χ3v) is 4.18. The molecule has 126 valence electrons. The molecule has 4 rings (SSSR count). The van der Waals surface area contributed by atoms with Crippen molar-refractivity contribution >= 4 is 17.5 Å². The average molecular weight is 339 g/mol. The Morgan fingerprint density at radius 1 is 0.960 bits per heavy atom. The summed E-state index contributed by atoms with van der Waals surface area (Å²) in [5.41, 5.74) is 2.28. The summed E-state index contributed by atoms with van der Waals surface area (Å²) in [6.45, 7) is 1.44. The van der Waals surface area contributed by atoms with Gasteiger partial charge in [0.2, 0.25) is 5.95 Å². The minimum atomic E-state index is -0.688. The molecule has 1 aliphatic heterocycles. The van der Waals surface area contributed by atoms with Crippen LogP contribution in [0.4, 0.5) is 26.2 Å². The molecular formula is C18H15F2N5. The van der Waals surface area contributed by atoms with E-state index in [1.165, 1.54) is 35.5 Å². The fraction of sp³-hybridized carbons (Fsp3) is 0.167. The first-order valence-electron chi connectivity index (χ1n) is 7.93. The molecule has 0 bridgehead atoms. The van der Waals surface area contributed by atoms with Crippen LogP contribution >= 0.6 is 0 Å². The largest absolute Gasteiger partial charge is 0.335 e. The van der Waals surface area contributed by atoms with E-state index in [4.69, 9.17) is 0 Å². The number of hydrogen-bond donors (Lipinski definition) is 1. The van der Waals surface area contributed by atoms with Gasteiger partial charge in [0, 0.05) is 13.1 Å². The molecule has 0 saturated heterocycles. The van der Waals surface area contributed by atoms with Crippen LogP contribution in [0.15, 0.2) is 48.7 Å². The maximum atomic E-state index is 13.8. The molecule has 0 unspecified atom stereocenters. The molecule has 1 N–H and O–H groups in total. The smallest absolute Gasteiger partial charge is 0.247 e. The third-order valence-electron chi connectivity index (χ3n) is 4.18. The molecule has 0 spiro atoms. The van der Waals surface area contributed by atoms with Gasteiger partial charge in [0.1, 0.15) is 17.3 Å². The summed E-state index contributed by atoms with van der Waals surface area (Å²) in [6, 6.07) is 11.9. The second-order valence-electron chi connectivity index (χ2n) is 5.80. The van der Waals surface area contributed by atoms with Crippen molar-refractivity contribution in [2.24, 2.45) is 0 Å². The second kappa shape index (κ2) is 6.43. The van der Waals surface area contributed by atoms with Crippen molar-refractivity contribution in [1.82, 2.24) is 15.2 Å². The second-order valence-corrected chi connectivity index (χ2v) is 5.80. The molecule has 1 aliphatic rings. The van der Waals surface area contributed by atoms with Gasteiger partial charge in [-0.25, -0.2) is 8.78 Å². The van der Waals surface area contributed by atoms with Gasteiger partial charge < -0.3 is 10.2 Å². The highest BCUT2D eigenvalue weighted by molar-refractivity contribution is 5.57. The highest BCUT2D eigenvalue weighted by Gasteiger charge is 2.19. The highest BCUT2D eigenvalue weighted by Crippen LogP contribution is 2.24. The number of rotatable bonds is 3. The number of fused-ring (bicyclic) bond motifs is 1. The summed E-state index contributed by atoms with van der Waals surface area (Å²) >= 11 is 0. The van der Waals surface area contributed by atoms with E-state index in [2.05, 4.69) is 32.6 Å². The fourth-order valence-corrected chi connectivity index (χ4v) is 2.90. The van der Waals surface area contributed by atoms with Gasteiger partial charge in [0.25, 0.3) is 0 Å². The molecule has 0 amide bonds. The first-order chi connectivity index (χ1) is 12.2. The number of para-hydroxylation sites is 1. The number of halogens is 2. The Morgan fingerprint density at radius 3 is 2.52 bits per heavy atom. The van der Waals surface area contributed by atoms with Crippen molar-refractivity contribution < 1.29 is 8.78 Å². The Morgan fingerprint density at radius 2 is 1.72 bits per heavy atom. The standard InChI is InChI=1S/C18H15F2N5/c19-14-6-3-7-15(20)17(14)22-16-10-21-24-18(23-16)25-9-8-12-4-1-2-5-13(12)11-25/h1-7,10H,8-9,11H2,(H,22,23,24). The van der Waals surface area contributed by atoms with Gasteiger partial charge in [-0.3, -0.25) is 0 Å². The molecule has 5 nitrogen and oxygen atoms in total. The van der Waals surface area contributed by atoms with Crippen LogP contribution < -0.4 is 10.2 Å². The predicted octanol–water partition coefficient (Wildman–Crippen LogP) is 3.46. The molecule has 0 aliphatic carbocycles. The molecule has 0 saturated carbocycles. The van der Waals surface area contributed by atoms with Crippen molar-refractivity contribution in [3.05, 3.63) is 71.4 Å². The van der Waals surface area contributed by atoms with E-state index in [1.807, 2.05) is 17.0 Å². The van der Waals surface area contributed by atoms with E-state index in [-0.39, 0.29) is 11.5 Å². The van der Waals surface area contributed by atoms with Gasteiger partial charge in [-0.15, -0.1) is 5.10 Å². The molecule has 2 aromatic carbocycles. The number of nitrogens with one attached hydrogen (secondary N) is 1. The van der Waals surface area contributed by atoms with Crippen LogP contribution in [0.5, 0.6) is 0 Å². The molecule has 0 radical (unpaired) electrons. The Kier molecular flexibility index (Phi) is 3.97. The van der Waals surface area contributed by atoms with E-state index in [1.54, 1.807) is 0 Å². The Hall–Kier alpha value is -3.09. The summed E-state index contributed by atoms with van der Waals surface area (Å²) in [5, 5.41) is 10.6. The van der Waals surface area contributed by atoms with E-state index in [0.29, 0.717) is 12.5 Å². The first-order valence-corrected chi connectivity index (χ1v) is 7.93. The van der Waals surface area contributed by atoms with Crippen LogP contribution in [0.1, 0.15) is 11.1 Å². The SMILES string of the molecule is Fc1cccc(F)c1Nc1cnnc(N2CCc3ccccc3C2)n1. The quantitative estimate of drug-likeness (QED) is 0.792. The summed E-state index contributed by atoms with van der Waals surface area (Å²) in [4.78, 5) is 6.35. The number of hydrogen-bond acceptors (Lipinski definition) is 5. The van der Waals surface area contributed by atoms with Gasteiger partial charge in [0.05, 0.1) is 6.20 Å². The maximum Gasteiger partial charge on any atom is 0.247 e. The van der Waals surface area contributed by atoms with Gasteiger partial charge >= 0.3 is 0 Å². The number of aromatic nitrogens is 3. The Bertz CT molecular complexity index is 895. The molecule has 2 heterocycles. The number of anilines is 3. The van der Waals surface area contributed by atoms with E-state index in [9.17, 15) is 8.78 Å². The van der Waals surface area contributed by atoms with Crippen LogP contribution in [-0.2, 0) is 13.0 Å². The highest BCUT2D eigenvalue weighted by atomic mass is 19.1. The lowest BCUT2D eigenvalue weighted by Gasteiger charge is -2.28. The zero-order valence-electron chi connectivity index (χ0n) is 13.3. The minimum absolute atomic E-state index is 0.243. The zero-order valence-corrected chi connectivity index (χ0v) is 13.3. The Balaban J connectivity index is 1.58. The van der Waals surface area contributed by atoms with E-state index >= 15 is 0 Å². The van der Waals surface area contributed by atoms with Crippen molar-refractivity contribution in [2.45, 2.75) is 13.0 Å². The van der Waals surface area contributed by atoms with Crippen LogP contribution in [0, 0.1) is 11.6 Å². The molecule has 0 atom stereocenters. The van der Waals surface area contributed by atoms with Gasteiger partial charge in [0.15, 0.2) is 5.82 Å².